The Labute approximate surface area is 114 Å². The van der Waals surface area contributed by atoms with E-state index in [4.69, 9.17) is 10.5 Å². The molecule has 0 bridgehead atoms. The highest BCUT2D eigenvalue weighted by atomic mass is 16.5. The molecule has 0 radical (unpaired) electrons. The van der Waals surface area contributed by atoms with Gasteiger partial charge >= 0.3 is 0 Å². The van der Waals surface area contributed by atoms with E-state index in [2.05, 4.69) is 5.32 Å². The van der Waals surface area contributed by atoms with Gasteiger partial charge in [-0.05, 0) is 43.4 Å². The van der Waals surface area contributed by atoms with Crippen LogP contribution in [0.4, 0.5) is 5.69 Å². The molecule has 1 fully saturated rings. The van der Waals surface area contributed by atoms with E-state index < -0.39 is 0 Å². The van der Waals surface area contributed by atoms with E-state index in [1.54, 1.807) is 7.11 Å². The first-order chi connectivity index (χ1) is 9.10. The summed E-state index contributed by atoms with van der Waals surface area (Å²) in [6.07, 6.45) is 3.72. The van der Waals surface area contributed by atoms with Gasteiger partial charge in [-0.2, -0.15) is 0 Å². The zero-order chi connectivity index (χ0) is 13.8. The monoisotopic (exact) mass is 262 g/mol. The molecule has 0 saturated heterocycles. The number of amides is 1. The number of anilines is 1. The van der Waals surface area contributed by atoms with Crippen LogP contribution in [0.25, 0.3) is 0 Å². The van der Waals surface area contributed by atoms with Crippen LogP contribution >= 0.6 is 0 Å². The Kier molecular flexibility index (Phi) is 4.43. The molecule has 1 aliphatic rings. The van der Waals surface area contributed by atoms with Crippen LogP contribution in [0.3, 0.4) is 0 Å². The number of ether oxygens (including phenoxy) is 1. The topological polar surface area (TPSA) is 64.3 Å². The molecule has 2 atom stereocenters. The van der Waals surface area contributed by atoms with Gasteiger partial charge in [-0.3, -0.25) is 4.79 Å². The summed E-state index contributed by atoms with van der Waals surface area (Å²) in [6, 6.07) is 5.92. The standard InChI is InChI=1S/C15H22N2O2/c1-10-6-7-13(14(8-10)19-2)17-15(18)9-11-4-3-5-12(11)16/h6-8,11-12H,3-5,9,16H2,1-2H3,(H,17,18)/t11-,12+/m0/s1. The molecule has 0 spiro atoms. The van der Waals surface area contributed by atoms with Gasteiger partial charge in [0.25, 0.3) is 0 Å². The normalized spacial score (nSPS) is 22.3. The van der Waals surface area contributed by atoms with E-state index in [0.29, 0.717) is 18.1 Å². The van der Waals surface area contributed by atoms with Crippen molar-refractivity contribution in [1.29, 1.82) is 0 Å². The third-order valence-electron chi connectivity index (χ3n) is 3.80. The Morgan fingerprint density at radius 2 is 2.26 bits per heavy atom. The summed E-state index contributed by atoms with van der Waals surface area (Å²) < 4.78 is 5.28. The summed E-state index contributed by atoms with van der Waals surface area (Å²) >= 11 is 0. The Morgan fingerprint density at radius 1 is 1.47 bits per heavy atom. The average Bonchev–Trinajstić information content (AvgIpc) is 2.77. The molecule has 2 rings (SSSR count). The molecule has 0 unspecified atom stereocenters. The number of methoxy groups -OCH3 is 1. The molecule has 4 nitrogen and oxygen atoms in total. The van der Waals surface area contributed by atoms with Crippen molar-refractivity contribution in [1.82, 2.24) is 0 Å². The van der Waals surface area contributed by atoms with Gasteiger partial charge in [0.2, 0.25) is 5.91 Å². The lowest BCUT2D eigenvalue weighted by Crippen LogP contribution is -2.28. The number of carbonyl (C=O) groups is 1. The quantitative estimate of drug-likeness (QED) is 0.876. The summed E-state index contributed by atoms with van der Waals surface area (Å²) in [5, 5.41) is 2.92. The Morgan fingerprint density at radius 3 is 2.89 bits per heavy atom. The Hall–Kier alpha value is -1.55. The maximum absolute atomic E-state index is 12.0. The lowest BCUT2D eigenvalue weighted by atomic mass is 10.00. The van der Waals surface area contributed by atoms with Crippen LogP contribution in [0, 0.1) is 12.8 Å². The van der Waals surface area contributed by atoms with Crippen molar-refractivity contribution >= 4 is 11.6 Å². The summed E-state index contributed by atoms with van der Waals surface area (Å²) in [5.41, 5.74) is 7.82. The number of rotatable bonds is 4. The Balaban J connectivity index is 1.98. The number of benzene rings is 1. The molecule has 1 amide bonds. The third kappa shape index (κ3) is 3.47. The summed E-state index contributed by atoms with van der Waals surface area (Å²) in [4.78, 5) is 12.0. The van der Waals surface area contributed by atoms with Gasteiger partial charge in [0.05, 0.1) is 12.8 Å². The molecule has 0 heterocycles. The molecule has 19 heavy (non-hydrogen) atoms. The molecular weight excluding hydrogens is 240 g/mol. The predicted octanol–water partition coefficient (Wildman–Crippen LogP) is 2.46. The molecule has 104 valence electrons. The van der Waals surface area contributed by atoms with Crippen LogP contribution < -0.4 is 15.8 Å². The molecule has 0 aliphatic heterocycles. The molecule has 1 aromatic rings. The number of hydrogen-bond acceptors (Lipinski definition) is 3. The van der Waals surface area contributed by atoms with Gasteiger partial charge in [0, 0.05) is 12.5 Å². The average molecular weight is 262 g/mol. The van der Waals surface area contributed by atoms with E-state index in [-0.39, 0.29) is 11.9 Å². The SMILES string of the molecule is COc1cc(C)ccc1NC(=O)C[C@@H]1CCC[C@H]1N. The van der Waals surface area contributed by atoms with E-state index in [1.807, 2.05) is 25.1 Å². The van der Waals surface area contributed by atoms with Gasteiger partial charge in [-0.15, -0.1) is 0 Å². The molecule has 1 aromatic carbocycles. The molecule has 0 aromatic heterocycles. The number of aryl methyl sites for hydroxylation is 1. The van der Waals surface area contributed by atoms with Crippen LogP contribution in [0.1, 0.15) is 31.2 Å². The van der Waals surface area contributed by atoms with Crippen LogP contribution in [0.15, 0.2) is 18.2 Å². The van der Waals surface area contributed by atoms with Crippen molar-refractivity contribution in [2.24, 2.45) is 11.7 Å². The van der Waals surface area contributed by atoms with Gasteiger partial charge in [0.15, 0.2) is 0 Å². The maximum Gasteiger partial charge on any atom is 0.224 e. The fourth-order valence-corrected chi connectivity index (χ4v) is 2.66. The molecule has 1 saturated carbocycles. The minimum absolute atomic E-state index is 0.0181. The largest absolute Gasteiger partial charge is 0.495 e. The van der Waals surface area contributed by atoms with Gasteiger partial charge in [-0.25, -0.2) is 0 Å². The maximum atomic E-state index is 12.0. The van der Waals surface area contributed by atoms with Gasteiger partial charge in [0.1, 0.15) is 5.75 Å². The van der Waals surface area contributed by atoms with E-state index >= 15 is 0 Å². The summed E-state index contributed by atoms with van der Waals surface area (Å²) in [5.74, 6) is 1.03. The number of hydrogen-bond donors (Lipinski definition) is 2. The fraction of sp³-hybridized carbons (Fsp3) is 0.533. The van der Waals surface area contributed by atoms with Gasteiger partial charge < -0.3 is 15.8 Å². The van der Waals surface area contributed by atoms with E-state index in [1.165, 1.54) is 0 Å². The number of nitrogens with two attached hydrogens (primary N) is 1. The summed E-state index contributed by atoms with van der Waals surface area (Å²) in [7, 11) is 1.61. The van der Waals surface area contributed by atoms with E-state index in [0.717, 1.165) is 30.5 Å². The first kappa shape index (κ1) is 13.9. The highest BCUT2D eigenvalue weighted by Crippen LogP contribution is 2.29. The minimum atomic E-state index is 0.0181. The number of nitrogens with one attached hydrogen (secondary N) is 1. The smallest absolute Gasteiger partial charge is 0.224 e. The second-order valence-corrected chi connectivity index (χ2v) is 5.31. The van der Waals surface area contributed by atoms with Crippen molar-refractivity contribution < 1.29 is 9.53 Å². The molecule has 4 heteroatoms. The Bertz CT molecular complexity index is 459. The minimum Gasteiger partial charge on any atom is -0.495 e. The zero-order valence-electron chi connectivity index (χ0n) is 11.6. The lowest BCUT2D eigenvalue weighted by Gasteiger charge is -2.16. The number of carbonyl (C=O) groups excluding carboxylic acids is 1. The third-order valence-corrected chi connectivity index (χ3v) is 3.80. The lowest BCUT2D eigenvalue weighted by molar-refractivity contribution is -0.117. The van der Waals surface area contributed by atoms with Crippen molar-refractivity contribution in [3.8, 4) is 5.75 Å². The molecule has 3 N–H and O–H groups in total. The highest BCUT2D eigenvalue weighted by molar-refractivity contribution is 5.92. The predicted molar refractivity (Wildman–Crippen MR) is 76.3 cm³/mol. The highest BCUT2D eigenvalue weighted by Gasteiger charge is 2.26. The first-order valence-corrected chi connectivity index (χ1v) is 6.80. The zero-order valence-corrected chi connectivity index (χ0v) is 11.6. The molecular formula is C15H22N2O2. The van der Waals surface area contributed by atoms with Crippen LogP contribution in [0.5, 0.6) is 5.75 Å². The van der Waals surface area contributed by atoms with Crippen molar-refractivity contribution in [2.45, 2.75) is 38.6 Å². The van der Waals surface area contributed by atoms with Crippen LogP contribution in [0.2, 0.25) is 0 Å². The molecule has 1 aliphatic carbocycles. The van der Waals surface area contributed by atoms with Gasteiger partial charge in [-0.1, -0.05) is 12.5 Å². The van der Waals surface area contributed by atoms with Crippen LogP contribution in [-0.4, -0.2) is 19.1 Å². The van der Waals surface area contributed by atoms with Crippen molar-refractivity contribution in [3.63, 3.8) is 0 Å². The second-order valence-electron chi connectivity index (χ2n) is 5.31. The first-order valence-electron chi connectivity index (χ1n) is 6.80. The van der Waals surface area contributed by atoms with Crippen molar-refractivity contribution in [3.05, 3.63) is 23.8 Å². The fourth-order valence-electron chi connectivity index (χ4n) is 2.66. The van der Waals surface area contributed by atoms with E-state index in [9.17, 15) is 4.79 Å². The second kappa shape index (κ2) is 6.06. The van der Waals surface area contributed by atoms with Crippen LogP contribution in [-0.2, 0) is 4.79 Å². The summed E-state index contributed by atoms with van der Waals surface area (Å²) in [6.45, 7) is 1.99. The van der Waals surface area contributed by atoms with Crippen molar-refractivity contribution in [2.75, 3.05) is 12.4 Å².